The second-order valence-corrected chi connectivity index (χ2v) is 17.3. The van der Waals surface area contributed by atoms with Crippen LogP contribution in [0.1, 0.15) is 77.9 Å². The zero-order valence-electron chi connectivity index (χ0n) is 36.9. The van der Waals surface area contributed by atoms with Gasteiger partial charge >= 0.3 is 6.09 Å². The quantitative estimate of drug-likeness (QED) is 0.0255. The molecule has 13 nitrogen and oxygen atoms in total. The molecule has 4 aromatic carbocycles. The van der Waals surface area contributed by atoms with Crippen molar-refractivity contribution in [3.05, 3.63) is 138 Å². The van der Waals surface area contributed by atoms with Crippen LogP contribution in [0.4, 0.5) is 4.79 Å². The van der Waals surface area contributed by atoms with Crippen molar-refractivity contribution in [2.75, 3.05) is 39.1 Å². The molecule has 1 amide bonds. The Morgan fingerprint density at radius 1 is 0.894 bits per heavy atom. The number of rotatable bonds is 22. The van der Waals surface area contributed by atoms with Crippen LogP contribution in [0.15, 0.2) is 120 Å². The summed E-state index contributed by atoms with van der Waals surface area (Å²) in [6, 6.07) is 27.2. The Bertz CT molecular complexity index is 2380. The molecule has 8 rings (SSSR count). The first-order valence-electron chi connectivity index (χ1n) is 22.7. The molecule has 4 aromatic rings. The van der Waals surface area contributed by atoms with Crippen LogP contribution in [0.5, 0.6) is 28.7 Å². The Morgan fingerprint density at radius 3 is 2.47 bits per heavy atom. The van der Waals surface area contributed by atoms with Gasteiger partial charge in [-0.05, 0) is 96.7 Å². The minimum atomic E-state index is -1.54. The van der Waals surface area contributed by atoms with Gasteiger partial charge < -0.3 is 43.5 Å². The van der Waals surface area contributed by atoms with E-state index in [1.807, 2.05) is 66.7 Å². The van der Waals surface area contributed by atoms with Crippen LogP contribution in [0.2, 0.25) is 0 Å². The van der Waals surface area contributed by atoms with Gasteiger partial charge in [-0.25, -0.2) is 4.79 Å². The number of carbonyl (C=O) groups is 2. The number of oxime groups is 1. The maximum absolute atomic E-state index is 14.7. The topological polar surface area (TPSA) is 155 Å². The van der Waals surface area contributed by atoms with Crippen molar-refractivity contribution in [2.24, 2.45) is 22.9 Å². The summed E-state index contributed by atoms with van der Waals surface area (Å²) >= 11 is 6.14. The standard InChI is InChI=1S/C52H57ClN2O11/c1-2-24-63-52-48(55(51(59)60-25-21-53)31-36-17-19-46-47(27-36)62-34-61-46)30-44(54-64-33-35-11-4-3-5-12-35)42-28-38(14-6-8-22-56)41(16-7-9-23-57)49(50(42)52)43-29-40(18-20-45(43)66-52)65-39-15-10-13-37(26-39)32-58/h2-5,10-13,15,17-20,26-29,32,38,41,48-50,56-57H,1,6-9,14,16,21-25,30-31,33-34H2/t38-,41+,48-,49+,50+,52+/m0/s1. The number of carbonyl (C=O) groups excluding carboxylic acids is 2. The van der Waals surface area contributed by atoms with Crippen molar-refractivity contribution in [3.63, 3.8) is 0 Å². The SMILES string of the molecule is C=CCO[C@@]12Oc3ccc(Oc4cccc(C=O)c4)cc3[C@H]3[C@H](CCCCO)[C@@H](CCCCO)C=C(C(=NOCc4ccccc4)C[C@@H]1N(Cc1ccc4c(c1)OCO4)C(=O)OCCCl)[C@H]32. The molecule has 66 heavy (non-hydrogen) atoms. The summed E-state index contributed by atoms with van der Waals surface area (Å²) in [5, 5.41) is 24.9. The molecule has 0 radical (unpaired) electrons. The number of nitrogens with zero attached hydrogens (tertiary/aromatic N) is 2. The van der Waals surface area contributed by atoms with E-state index in [9.17, 15) is 19.8 Å². The number of benzene rings is 4. The lowest BCUT2D eigenvalue weighted by atomic mass is 9.55. The van der Waals surface area contributed by atoms with E-state index in [-0.39, 0.29) is 76.4 Å². The van der Waals surface area contributed by atoms with Crippen molar-refractivity contribution < 1.29 is 53.1 Å². The molecule has 2 N–H and O–H groups in total. The highest BCUT2D eigenvalue weighted by Gasteiger charge is 2.65. The van der Waals surface area contributed by atoms with Gasteiger partial charge in [0.15, 0.2) is 11.5 Å². The number of allylic oxidation sites excluding steroid dienone is 1. The van der Waals surface area contributed by atoms with Crippen LogP contribution in [0.3, 0.4) is 0 Å². The Morgan fingerprint density at radius 2 is 1.68 bits per heavy atom. The lowest BCUT2D eigenvalue weighted by Crippen LogP contribution is -2.70. The number of unbranched alkanes of at least 4 members (excludes halogenated alkanes) is 2. The summed E-state index contributed by atoms with van der Waals surface area (Å²) in [5.74, 6) is 0.416. The molecular formula is C52H57ClN2O11. The largest absolute Gasteiger partial charge is 0.459 e. The minimum absolute atomic E-state index is 0.0117. The van der Waals surface area contributed by atoms with Crippen LogP contribution in [0.25, 0.3) is 0 Å². The fourth-order valence-electron chi connectivity index (χ4n) is 10.0. The Kier molecular flexibility index (Phi) is 15.6. The number of aldehydes is 1. The molecule has 0 unspecified atom stereocenters. The molecule has 0 aromatic heterocycles. The van der Waals surface area contributed by atoms with Gasteiger partial charge in [-0.3, -0.25) is 9.69 Å². The summed E-state index contributed by atoms with van der Waals surface area (Å²) < 4.78 is 38.2. The van der Waals surface area contributed by atoms with Gasteiger partial charge in [0.2, 0.25) is 12.6 Å². The van der Waals surface area contributed by atoms with Crippen LogP contribution in [-0.4, -0.2) is 84.1 Å². The summed E-state index contributed by atoms with van der Waals surface area (Å²) in [7, 11) is 0. The molecule has 0 saturated heterocycles. The predicted molar refractivity (Wildman–Crippen MR) is 248 cm³/mol. The number of fused-ring (bicyclic) bond motifs is 3. The number of aliphatic hydroxyl groups is 2. The molecule has 348 valence electrons. The van der Waals surface area contributed by atoms with E-state index in [2.05, 4.69) is 12.7 Å². The van der Waals surface area contributed by atoms with E-state index in [0.717, 1.165) is 54.2 Å². The molecule has 6 atom stereocenters. The number of halogens is 1. The number of ether oxygens (including phenoxy) is 6. The van der Waals surface area contributed by atoms with Gasteiger partial charge in [0.05, 0.1) is 24.1 Å². The molecule has 1 fully saturated rings. The maximum atomic E-state index is 14.7. The van der Waals surface area contributed by atoms with Crippen LogP contribution >= 0.6 is 11.6 Å². The van der Waals surface area contributed by atoms with Gasteiger partial charge in [-0.15, -0.1) is 18.2 Å². The molecule has 2 aliphatic carbocycles. The highest BCUT2D eigenvalue weighted by atomic mass is 35.5. The second-order valence-electron chi connectivity index (χ2n) is 16.9. The fraction of sp³-hybridized carbons (Fsp3) is 0.404. The van der Waals surface area contributed by atoms with Crippen LogP contribution < -0.4 is 18.9 Å². The third kappa shape index (κ3) is 10.2. The van der Waals surface area contributed by atoms with Crippen molar-refractivity contribution in [3.8, 4) is 28.7 Å². The monoisotopic (exact) mass is 920 g/mol. The molecular weight excluding hydrogens is 864 g/mol. The molecule has 0 bridgehead atoms. The molecule has 2 heterocycles. The first-order chi connectivity index (χ1) is 32.4. The van der Waals surface area contributed by atoms with Crippen LogP contribution in [-0.2, 0) is 27.5 Å². The third-order valence-electron chi connectivity index (χ3n) is 12.8. The molecule has 14 heteroatoms. The van der Waals surface area contributed by atoms with Crippen molar-refractivity contribution in [1.29, 1.82) is 0 Å². The zero-order chi connectivity index (χ0) is 45.9. The van der Waals surface area contributed by atoms with Crippen LogP contribution in [0, 0.1) is 17.8 Å². The number of amides is 1. The first kappa shape index (κ1) is 46.7. The average Bonchev–Trinajstić information content (AvgIpc) is 3.82. The van der Waals surface area contributed by atoms with Gasteiger partial charge in [0.1, 0.15) is 42.8 Å². The highest BCUT2D eigenvalue weighted by molar-refractivity contribution is 6.18. The van der Waals surface area contributed by atoms with Gasteiger partial charge in [0, 0.05) is 43.2 Å². The maximum Gasteiger partial charge on any atom is 0.410 e. The first-order valence-corrected chi connectivity index (χ1v) is 23.3. The molecule has 1 saturated carbocycles. The highest BCUT2D eigenvalue weighted by Crippen LogP contribution is 2.62. The summed E-state index contributed by atoms with van der Waals surface area (Å²) in [4.78, 5) is 34.3. The smallest absolute Gasteiger partial charge is 0.410 e. The fourth-order valence-corrected chi connectivity index (χ4v) is 10.1. The third-order valence-corrected chi connectivity index (χ3v) is 13.0. The second kappa shape index (κ2) is 22.1. The molecule has 0 spiro atoms. The Balaban J connectivity index is 1.33. The van der Waals surface area contributed by atoms with E-state index in [0.29, 0.717) is 52.9 Å². The zero-order valence-corrected chi connectivity index (χ0v) is 37.7. The van der Waals surface area contributed by atoms with E-state index >= 15 is 0 Å². The number of alkyl halides is 1. The lowest BCUT2D eigenvalue weighted by Gasteiger charge is -2.59. The Labute approximate surface area is 390 Å². The van der Waals surface area contributed by atoms with E-state index < -0.39 is 23.8 Å². The van der Waals surface area contributed by atoms with Gasteiger partial charge in [-0.2, -0.15) is 0 Å². The van der Waals surface area contributed by atoms with Crippen molar-refractivity contribution >= 4 is 29.7 Å². The Hall–Kier alpha value is -5.86. The lowest BCUT2D eigenvalue weighted by molar-refractivity contribution is -0.256. The average molecular weight is 921 g/mol. The van der Waals surface area contributed by atoms with E-state index in [4.69, 9.17) is 50.0 Å². The summed E-state index contributed by atoms with van der Waals surface area (Å²) in [6.07, 6.45) is 8.61. The van der Waals surface area contributed by atoms with E-state index in [1.54, 1.807) is 35.2 Å². The predicted octanol–water partition coefficient (Wildman–Crippen LogP) is 9.73. The number of hydrogen-bond donors (Lipinski definition) is 2. The number of hydrogen-bond acceptors (Lipinski definition) is 12. The molecule has 4 aliphatic rings. The summed E-state index contributed by atoms with van der Waals surface area (Å²) in [5.41, 5.74) is 4.58. The number of aliphatic hydroxyl groups excluding tert-OH is 2. The normalized spacial score (nSPS) is 22.9. The van der Waals surface area contributed by atoms with E-state index in [1.165, 1.54) is 0 Å². The summed E-state index contributed by atoms with van der Waals surface area (Å²) in [6.45, 7) is 4.59. The van der Waals surface area contributed by atoms with Crippen molar-refractivity contribution in [2.45, 2.75) is 75.8 Å². The minimum Gasteiger partial charge on any atom is -0.459 e. The van der Waals surface area contributed by atoms with Gasteiger partial charge in [0.25, 0.3) is 0 Å². The molecule has 2 aliphatic heterocycles. The van der Waals surface area contributed by atoms with Gasteiger partial charge in [-0.1, -0.05) is 78.7 Å². The van der Waals surface area contributed by atoms with Crippen molar-refractivity contribution in [1.82, 2.24) is 4.90 Å².